The van der Waals surface area contributed by atoms with E-state index in [0.717, 1.165) is 30.8 Å². The van der Waals surface area contributed by atoms with Gasteiger partial charge in [0.25, 0.3) is 5.91 Å². The van der Waals surface area contributed by atoms with Crippen LogP contribution < -0.4 is 11.1 Å². The Labute approximate surface area is 244 Å². The number of carboxylic acids is 1. The van der Waals surface area contributed by atoms with Crippen molar-refractivity contribution in [2.75, 3.05) is 23.8 Å². The van der Waals surface area contributed by atoms with Crippen LogP contribution in [0, 0.1) is 5.41 Å². The van der Waals surface area contributed by atoms with Gasteiger partial charge in [-0.3, -0.25) is 14.4 Å². The molecular formula is C22H23N11O5S3. The second-order valence-electron chi connectivity index (χ2n) is 9.59. The average Bonchev–Trinajstić information content (AvgIpc) is 3.63. The molecule has 6 rings (SSSR count). The fraction of sp³-hybridized carbons (Fsp3) is 0.455. The first-order chi connectivity index (χ1) is 19.8. The number of amides is 2. The fourth-order valence-electron chi connectivity index (χ4n) is 4.54. The van der Waals surface area contributed by atoms with E-state index < -0.39 is 28.7 Å². The van der Waals surface area contributed by atoms with E-state index in [4.69, 9.17) is 10.6 Å². The molecule has 3 aliphatic rings. The summed E-state index contributed by atoms with van der Waals surface area (Å²) >= 11 is 3.45. The monoisotopic (exact) mass is 617 g/mol. The number of rotatable bonds is 9. The lowest BCUT2D eigenvalue weighted by Gasteiger charge is -2.53. The van der Waals surface area contributed by atoms with E-state index >= 15 is 0 Å². The number of β-lactam (4-membered cyclic amide) rings is 1. The highest BCUT2D eigenvalue weighted by Crippen LogP contribution is 2.44. The maximum absolute atomic E-state index is 13.3. The van der Waals surface area contributed by atoms with E-state index in [-0.39, 0.29) is 46.7 Å². The zero-order chi connectivity index (χ0) is 28.6. The van der Waals surface area contributed by atoms with Gasteiger partial charge in [-0.15, -0.1) is 38.4 Å². The van der Waals surface area contributed by atoms with Crippen LogP contribution in [0.3, 0.4) is 0 Å². The maximum Gasteiger partial charge on any atom is 0.313 e. The molecule has 0 radical (unpaired) electrons. The summed E-state index contributed by atoms with van der Waals surface area (Å²) in [5.74, 6) is -1.69. The van der Waals surface area contributed by atoms with Crippen molar-refractivity contribution in [3.8, 4) is 0 Å². The number of nitrogens with two attached hydrogens (primary N) is 1. The zero-order valence-electron chi connectivity index (χ0n) is 21.2. The predicted octanol–water partition coefficient (Wildman–Crippen LogP) is 0.0456. The lowest BCUT2D eigenvalue weighted by Crippen LogP contribution is -2.74. The molecule has 4 N–H and O–H groups in total. The number of allylic oxidation sites excluding steroid dienone is 1. The van der Waals surface area contributed by atoms with Crippen molar-refractivity contribution in [1.29, 1.82) is 0 Å². The standard InChI is InChI=1S/C22H23N11O5S3/c23-21-25-16(29-41-21)14(28-38-11-4-2-1-3-5-11)17(34)24-15-18(35)32-8-22(20(36)37,10-40-19(15)32)9-39-13-7-6-12-26-30-31-33(12)27-13/h2,4,6-7,11,15,19H,1,3,5,8-10H2,(H,24,34)(H,36,37)(H2,23,25,29)/t11?,15?,19-,22?/m1/s1. The van der Waals surface area contributed by atoms with Crippen molar-refractivity contribution in [1.82, 2.24) is 44.8 Å². The summed E-state index contributed by atoms with van der Waals surface area (Å²) in [4.78, 5) is 49.9. The number of hydrogen-bond acceptors (Lipinski definition) is 15. The number of fused-ring (bicyclic) bond motifs is 2. The molecule has 0 aromatic carbocycles. The Balaban J connectivity index is 1.12. The first-order valence-electron chi connectivity index (χ1n) is 12.5. The predicted molar refractivity (Wildman–Crippen MR) is 148 cm³/mol. The van der Waals surface area contributed by atoms with Gasteiger partial charge in [0.1, 0.15) is 28.0 Å². The van der Waals surface area contributed by atoms with Crippen molar-refractivity contribution in [2.45, 2.75) is 41.8 Å². The Hall–Kier alpha value is -3.84. The number of anilines is 1. The summed E-state index contributed by atoms with van der Waals surface area (Å²) in [7, 11) is 0. The fourth-order valence-corrected chi connectivity index (χ4v) is 7.69. The number of aromatic nitrogens is 7. The van der Waals surface area contributed by atoms with Crippen molar-refractivity contribution < 1.29 is 24.3 Å². The van der Waals surface area contributed by atoms with Gasteiger partial charge in [-0.05, 0) is 47.9 Å². The second kappa shape index (κ2) is 11.2. The number of nitrogens with zero attached hydrogens (tertiary/aromatic N) is 9. The molecule has 2 fully saturated rings. The number of aliphatic carboxylic acids is 1. The van der Waals surface area contributed by atoms with Gasteiger partial charge in [0, 0.05) is 29.6 Å². The lowest BCUT2D eigenvalue weighted by atomic mass is 9.89. The third kappa shape index (κ3) is 5.43. The van der Waals surface area contributed by atoms with Gasteiger partial charge >= 0.3 is 5.97 Å². The largest absolute Gasteiger partial charge is 0.481 e. The summed E-state index contributed by atoms with van der Waals surface area (Å²) < 4.78 is 5.34. The molecule has 19 heteroatoms. The highest BCUT2D eigenvalue weighted by molar-refractivity contribution is 8.00. The first-order valence-corrected chi connectivity index (χ1v) is 15.3. The number of carbonyl (C=O) groups is 3. The summed E-state index contributed by atoms with van der Waals surface area (Å²) in [5.41, 5.74) is 4.78. The van der Waals surface area contributed by atoms with E-state index in [2.05, 4.69) is 40.5 Å². The van der Waals surface area contributed by atoms with Crippen molar-refractivity contribution >= 4 is 69.3 Å². The molecule has 3 unspecified atom stereocenters. The molecule has 0 spiro atoms. The second-order valence-corrected chi connectivity index (χ2v) is 12.5. The van der Waals surface area contributed by atoms with Crippen LogP contribution in [0.2, 0.25) is 0 Å². The third-order valence-electron chi connectivity index (χ3n) is 6.78. The minimum atomic E-state index is -1.22. The Morgan fingerprint density at radius 3 is 3.00 bits per heavy atom. The highest BCUT2D eigenvalue weighted by Gasteiger charge is 2.57. The first kappa shape index (κ1) is 27.3. The van der Waals surface area contributed by atoms with Crippen LogP contribution in [0.15, 0.2) is 34.5 Å². The van der Waals surface area contributed by atoms with Crippen LogP contribution in [0.4, 0.5) is 5.13 Å². The molecule has 2 amide bonds. The number of nitrogen functional groups attached to an aromatic ring is 1. The quantitative estimate of drug-likeness (QED) is 0.0950. The van der Waals surface area contributed by atoms with E-state index in [1.165, 1.54) is 33.1 Å². The minimum Gasteiger partial charge on any atom is -0.481 e. The molecule has 16 nitrogen and oxygen atoms in total. The Morgan fingerprint density at radius 2 is 2.24 bits per heavy atom. The molecule has 3 aromatic rings. The SMILES string of the molecule is Nc1nc(C(=NOC2C=CCCC2)C(=O)NC2C(=O)N3CC(CSc4ccc5nnnn5n4)(C(=O)O)CS[C@H]23)ns1. The molecule has 3 aromatic heterocycles. The smallest absolute Gasteiger partial charge is 0.313 e. The van der Waals surface area contributed by atoms with Crippen molar-refractivity contribution in [3.05, 3.63) is 30.1 Å². The van der Waals surface area contributed by atoms with Gasteiger partial charge in [0.2, 0.25) is 17.4 Å². The molecular weight excluding hydrogens is 595 g/mol. The van der Waals surface area contributed by atoms with E-state index in [1.807, 2.05) is 12.2 Å². The Morgan fingerprint density at radius 1 is 1.37 bits per heavy atom. The molecule has 4 atom stereocenters. The number of nitrogens with one attached hydrogen (secondary N) is 1. The number of hydrogen-bond donors (Lipinski definition) is 3. The minimum absolute atomic E-state index is 0.0000974. The van der Waals surface area contributed by atoms with Crippen LogP contribution in [-0.4, -0.2) is 104 Å². The number of oxime groups is 1. The Bertz CT molecular complexity index is 1560. The molecule has 5 heterocycles. The van der Waals surface area contributed by atoms with Gasteiger partial charge < -0.3 is 25.9 Å². The summed E-state index contributed by atoms with van der Waals surface area (Å²) in [6, 6.07) is 2.53. The summed E-state index contributed by atoms with van der Waals surface area (Å²) in [6.45, 7) is -0.00637. The molecule has 2 aliphatic heterocycles. The van der Waals surface area contributed by atoms with Crippen molar-refractivity contribution in [2.24, 2.45) is 10.6 Å². The maximum atomic E-state index is 13.3. The number of tetrazole rings is 1. The highest BCUT2D eigenvalue weighted by atomic mass is 32.2. The van der Waals surface area contributed by atoms with Crippen LogP contribution in [-0.2, 0) is 19.2 Å². The number of carbonyl (C=O) groups excluding carboxylic acids is 2. The van der Waals surface area contributed by atoms with Crippen LogP contribution >= 0.6 is 35.1 Å². The molecule has 0 bridgehead atoms. The van der Waals surface area contributed by atoms with Crippen LogP contribution in [0.1, 0.15) is 25.1 Å². The van der Waals surface area contributed by atoms with E-state index in [9.17, 15) is 19.5 Å². The molecule has 41 heavy (non-hydrogen) atoms. The van der Waals surface area contributed by atoms with E-state index in [1.54, 1.807) is 12.1 Å². The van der Waals surface area contributed by atoms with Gasteiger partial charge in [-0.25, -0.2) is 0 Å². The number of carboxylic acid groups (broad SMARTS) is 1. The van der Waals surface area contributed by atoms with Crippen molar-refractivity contribution in [3.63, 3.8) is 0 Å². The normalized spacial score (nSPS) is 26.0. The molecule has 0 saturated carbocycles. The lowest BCUT2D eigenvalue weighted by molar-refractivity contribution is -0.157. The summed E-state index contributed by atoms with van der Waals surface area (Å²) in [5, 5.41) is 32.5. The third-order valence-corrected chi connectivity index (χ3v) is 10.1. The Kier molecular flexibility index (Phi) is 7.47. The van der Waals surface area contributed by atoms with Gasteiger partial charge in [-0.1, -0.05) is 11.2 Å². The average molecular weight is 618 g/mol. The van der Waals surface area contributed by atoms with E-state index in [0.29, 0.717) is 10.7 Å². The zero-order valence-corrected chi connectivity index (χ0v) is 23.6. The van der Waals surface area contributed by atoms with Crippen LogP contribution in [0.25, 0.3) is 5.65 Å². The molecule has 214 valence electrons. The van der Waals surface area contributed by atoms with Gasteiger partial charge in [0.05, 0.1) is 0 Å². The topological polar surface area (TPSA) is 216 Å². The van der Waals surface area contributed by atoms with Crippen LogP contribution in [0.5, 0.6) is 0 Å². The molecule has 2 saturated heterocycles. The van der Waals surface area contributed by atoms with Gasteiger partial charge in [0.15, 0.2) is 10.8 Å². The number of thioether (sulfide) groups is 2. The summed E-state index contributed by atoms with van der Waals surface area (Å²) in [6.07, 6.45) is 6.22. The van der Waals surface area contributed by atoms with Gasteiger partial charge in [-0.2, -0.15) is 9.36 Å². The molecule has 1 aliphatic carbocycles.